The van der Waals surface area contributed by atoms with Crippen LogP contribution in [0.3, 0.4) is 0 Å². The topological polar surface area (TPSA) is 49.8 Å². The minimum Gasteiger partial charge on any atom is -0.490 e. The van der Waals surface area contributed by atoms with Crippen LogP contribution >= 0.6 is 0 Å². The van der Waals surface area contributed by atoms with Crippen molar-refractivity contribution in [2.75, 3.05) is 18.5 Å². The Morgan fingerprint density at radius 3 is 2.45 bits per heavy atom. The number of rotatable bonds is 7. The second-order valence-electron chi connectivity index (χ2n) is 9.71. The zero-order valence-electron chi connectivity index (χ0n) is 19.0. The van der Waals surface area contributed by atoms with Gasteiger partial charge in [-0.3, -0.25) is 4.79 Å². The molecule has 2 aromatic rings. The second-order valence-corrected chi connectivity index (χ2v) is 9.71. The van der Waals surface area contributed by atoms with Crippen LogP contribution in [0, 0.1) is 17.2 Å². The van der Waals surface area contributed by atoms with Crippen LogP contribution in [0.1, 0.15) is 52.9 Å². The van der Waals surface area contributed by atoms with Gasteiger partial charge >= 0.3 is 5.97 Å². The zero-order valence-corrected chi connectivity index (χ0v) is 19.0. The predicted octanol–water partition coefficient (Wildman–Crippen LogP) is 6.39. The van der Waals surface area contributed by atoms with Gasteiger partial charge in [0.25, 0.3) is 0 Å². The molecule has 5 heteroatoms. The smallest absolute Gasteiger partial charge is 0.305 e. The maximum Gasteiger partial charge on any atom is 0.305 e. The van der Waals surface area contributed by atoms with Crippen LogP contribution in [-0.4, -0.2) is 30.8 Å². The second kappa shape index (κ2) is 9.71. The summed E-state index contributed by atoms with van der Waals surface area (Å²) < 4.78 is 21.0. The normalized spacial score (nSPS) is 19.1. The van der Waals surface area contributed by atoms with Crippen molar-refractivity contribution in [3.05, 3.63) is 48.3 Å². The molecule has 0 amide bonds. The maximum absolute atomic E-state index is 14.9. The first-order chi connectivity index (χ1) is 14.6. The fourth-order valence-corrected chi connectivity index (χ4v) is 4.35. The Bertz CT molecular complexity index is 898. The van der Waals surface area contributed by atoms with E-state index < -0.39 is 5.97 Å². The summed E-state index contributed by atoms with van der Waals surface area (Å²) >= 11 is 0. The number of benzene rings is 2. The summed E-state index contributed by atoms with van der Waals surface area (Å²) in [5, 5.41) is 8.88. The molecule has 31 heavy (non-hydrogen) atoms. The van der Waals surface area contributed by atoms with Gasteiger partial charge in [-0.25, -0.2) is 4.39 Å². The molecule has 0 atom stereocenters. The lowest BCUT2D eigenvalue weighted by molar-refractivity contribution is -0.136. The van der Waals surface area contributed by atoms with Gasteiger partial charge in [-0.1, -0.05) is 32.9 Å². The lowest BCUT2D eigenvalue weighted by atomic mass is 9.72. The monoisotopic (exact) mass is 427 g/mol. The van der Waals surface area contributed by atoms with E-state index >= 15 is 0 Å². The van der Waals surface area contributed by atoms with Gasteiger partial charge in [-0.15, -0.1) is 0 Å². The van der Waals surface area contributed by atoms with Crippen LogP contribution in [0.25, 0.3) is 11.1 Å². The van der Waals surface area contributed by atoms with Crippen molar-refractivity contribution in [1.29, 1.82) is 0 Å². The molecule has 168 valence electrons. The number of carboxylic acids is 1. The third-order valence-corrected chi connectivity index (χ3v) is 6.40. The molecule has 1 fully saturated rings. The number of nitrogens with zero attached hydrogens (tertiary/aromatic N) is 1. The van der Waals surface area contributed by atoms with E-state index in [1.54, 1.807) is 6.07 Å². The molecule has 0 radical (unpaired) electrons. The Kier molecular flexibility index (Phi) is 7.24. The number of carbonyl (C=O) groups is 1. The van der Waals surface area contributed by atoms with Crippen molar-refractivity contribution in [3.63, 3.8) is 0 Å². The average molecular weight is 428 g/mol. The van der Waals surface area contributed by atoms with E-state index in [0.29, 0.717) is 29.2 Å². The molecule has 0 spiro atoms. The molecule has 0 heterocycles. The first-order valence-corrected chi connectivity index (χ1v) is 11.1. The first-order valence-electron chi connectivity index (χ1n) is 11.1. The summed E-state index contributed by atoms with van der Waals surface area (Å²) in [5.74, 6) is 0.144. The van der Waals surface area contributed by atoms with Crippen molar-refractivity contribution in [2.24, 2.45) is 11.3 Å². The predicted molar refractivity (Wildman–Crippen MR) is 123 cm³/mol. The molecule has 0 bridgehead atoms. The summed E-state index contributed by atoms with van der Waals surface area (Å²) in [4.78, 5) is 12.7. The molecule has 0 aromatic heterocycles. The highest BCUT2D eigenvalue weighted by Crippen LogP contribution is 2.39. The Balaban J connectivity index is 1.66. The third-order valence-electron chi connectivity index (χ3n) is 6.40. The number of aliphatic carboxylic acids is 1. The molecular weight excluding hydrogens is 393 g/mol. The number of carboxylic acid groups (broad SMARTS) is 1. The van der Waals surface area contributed by atoms with Gasteiger partial charge < -0.3 is 14.7 Å². The van der Waals surface area contributed by atoms with E-state index in [1.807, 2.05) is 42.3 Å². The van der Waals surface area contributed by atoms with Crippen molar-refractivity contribution < 1.29 is 19.0 Å². The Morgan fingerprint density at radius 1 is 1.13 bits per heavy atom. The molecule has 0 unspecified atom stereocenters. The molecule has 1 aliphatic rings. The van der Waals surface area contributed by atoms with Crippen LogP contribution in [0.2, 0.25) is 0 Å². The standard InChI is InChI=1S/C26H34FNO3/c1-26(2,3)19-8-10-21(11-9-19)31-22-12-13-23(24(27)17-22)18-6-5-7-20(16-18)28(4)15-14-25(29)30/h5-7,12-13,16-17,19,21H,8-11,14-15H2,1-4H3,(H,29,30). The van der Waals surface area contributed by atoms with E-state index in [9.17, 15) is 9.18 Å². The third kappa shape index (κ3) is 6.22. The molecular formula is C26H34FNO3. The Labute approximate surface area is 185 Å². The molecule has 1 aliphatic carbocycles. The van der Waals surface area contributed by atoms with E-state index in [4.69, 9.17) is 9.84 Å². The quantitative estimate of drug-likeness (QED) is 0.556. The molecule has 3 rings (SSSR count). The number of anilines is 1. The Hall–Kier alpha value is -2.56. The summed E-state index contributed by atoms with van der Waals surface area (Å²) in [6.07, 6.45) is 4.52. The molecule has 0 aliphatic heterocycles. The van der Waals surface area contributed by atoms with Gasteiger partial charge in [0.2, 0.25) is 0 Å². The zero-order chi connectivity index (χ0) is 22.6. The maximum atomic E-state index is 14.9. The highest BCUT2D eigenvalue weighted by atomic mass is 19.1. The lowest BCUT2D eigenvalue weighted by Crippen LogP contribution is -2.30. The average Bonchev–Trinajstić information content (AvgIpc) is 2.72. The van der Waals surface area contributed by atoms with E-state index in [1.165, 1.54) is 6.07 Å². The molecule has 1 N–H and O–H groups in total. The molecule has 0 saturated heterocycles. The SMILES string of the molecule is CN(CCC(=O)O)c1cccc(-c2ccc(OC3CCC(C(C)(C)C)CC3)cc2F)c1. The van der Waals surface area contributed by atoms with Crippen LogP contribution in [0.5, 0.6) is 5.75 Å². The minimum atomic E-state index is -0.837. The molecule has 1 saturated carbocycles. The summed E-state index contributed by atoms with van der Waals surface area (Å²) in [6, 6.07) is 12.6. The highest BCUT2D eigenvalue weighted by Gasteiger charge is 2.30. The van der Waals surface area contributed by atoms with Crippen molar-refractivity contribution >= 4 is 11.7 Å². The summed E-state index contributed by atoms with van der Waals surface area (Å²) in [7, 11) is 1.84. The fraction of sp³-hybridized carbons (Fsp3) is 0.500. The van der Waals surface area contributed by atoms with Crippen molar-refractivity contribution in [1.82, 2.24) is 0 Å². The van der Waals surface area contributed by atoms with E-state index in [-0.39, 0.29) is 18.3 Å². The molecule has 2 aromatic carbocycles. The van der Waals surface area contributed by atoms with Crippen molar-refractivity contribution in [3.8, 4) is 16.9 Å². The van der Waals surface area contributed by atoms with E-state index in [0.717, 1.165) is 36.9 Å². The van der Waals surface area contributed by atoms with Gasteiger partial charge in [0.1, 0.15) is 11.6 Å². The van der Waals surface area contributed by atoms with Gasteiger partial charge in [0.05, 0.1) is 12.5 Å². The number of ether oxygens (including phenoxy) is 1. The fourth-order valence-electron chi connectivity index (χ4n) is 4.35. The first kappa shape index (κ1) is 23.1. The van der Waals surface area contributed by atoms with E-state index in [2.05, 4.69) is 20.8 Å². The van der Waals surface area contributed by atoms with Crippen LogP contribution < -0.4 is 9.64 Å². The minimum absolute atomic E-state index is 0.0544. The van der Waals surface area contributed by atoms with Crippen molar-refractivity contribution in [2.45, 2.75) is 59.0 Å². The lowest BCUT2D eigenvalue weighted by Gasteiger charge is -2.36. The number of halogens is 1. The largest absolute Gasteiger partial charge is 0.490 e. The van der Waals surface area contributed by atoms with Crippen LogP contribution in [-0.2, 0) is 4.79 Å². The number of hydrogen-bond acceptors (Lipinski definition) is 3. The van der Waals surface area contributed by atoms with Crippen LogP contribution in [0.15, 0.2) is 42.5 Å². The molecule has 4 nitrogen and oxygen atoms in total. The van der Waals surface area contributed by atoms with Crippen LogP contribution in [0.4, 0.5) is 10.1 Å². The summed E-state index contributed by atoms with van der Waals surface area (Å²) in [6.45, 7) is 7.29. The van der Waals surface area contributed by atoms with Gasteiger partial charge in [0, 0.05) is 30.9 Å². The van der Waals surface area contributed by atoms with Gasteiger partial charge in [0.15, 0.2) is 0 Å². The van der Waals surface area contributed by atoms with Gasteiger partial charge in [-0.05, 0) is 66.8 Å². The number of hydrogen-bond donors (Lipinski definition) is 1. The Morgan fingerprint density at radius 2 is 1.84 bits per heavy atom. The summed E-state index contributed by atoms with van der Waals surface area (Å²) in [5.41, 5.74) is 2.45. The van der Waals surface area contributed by atoms with Gasteiger partial charge in [-0.2, -0.15) is 0 Å². The highest BCUT2D eigenvalue weighted by molar-refractivity contribution is 5.71.